The Balaban J connectivity index is 2.17. The van der Waals surface area contributed by atoms with Gasteiger partial charge in [0.15, 0.2) is 5.82 Å². The highest BCUT2D eigenvalue weighted by Crippen LogP contribution is 2.46. The predicted octanol–water partition coefficient (Wildman–Crippen LogP) is 4.31. The summed E-state index contributed by atoms with van der Waals surface area (Å²) in [6.07, 6.45) is -3.15. The third-order valence-corrected chi connectivity index (χ3v) is 7.83. The fraction of sp³-hybridized carbons (Fsp3) is 0.720. The highest BCUT2D eigenvalue weighted by molar-refractivity contribution is 8.00. The number of nitrogens with one attached hydrogen (secondary N) is 1. The van der Waals surface area contributed by atoms with Crippen LogP contribution in [0.3, 0.4) is 0 Å². The van der Waals surface area contributed by atoms with Crippen molar-refractivity contribution in [3.05, 3.63) is 22.7 Å². The summed E-state index contributed by atoms with van der Waals surface area (Å²) in [4.78, 5) is 64.9. The van der Waals surface area contributed by atoms with Gasteiger partial charge in [-0.05, 0) is 74.8 Å². The maximum atomic E-state index is 15.0. The Bertz CT molecular complexity index is 1220. The predicted molar refractivity (Wildman–Crippen MR) is 153 cm³/mol. The molecule has 238 valence electrons. The first-order chi connectivity index (χ1) is 19.1. The highest BCUT2D eigenvalue weighted by atomic mass is 32.2. The Morgan fingerprint density at radius 3 is 2.19 bits per heavy atom. The summed E-state index contributed by atoms with van der Waals surface area (Å²) in [5.74, 6) is -1.12. The molecule has 1 aromatic heterocycles. The van der Waals surface area contributed by atoms with Crippen molar-refractivity contribution in [1.29, 1.82) is 0 Å². The third-order valence-electron chi connectivity index (χ3n) is 5.10. The van der Waals surface area contributed by atoms with Gasteiger partial charge in [0.2, 0.25) is 0 Å². The van der Waals surface area contributed by atoms with Gasteiger partial charge in [-0.15, -0.1) is 11.8 Å². The van der Waals surface area contributed by atoms with E-state index in [4.69, 9.17) is 18.7 Å². The second-order valence-corrected chi connectivity index (χ2v) is 14.8. The fourth-order valence-corrected chi connectivity index (χ4v) is 6.07. The molecule has 0 spiro atoms. The molecule has 17 heteroatoms. The van der Waals surface area contributed by atoms with Gasteiger partial charge < -0.3 is 19.1 Å². The molecular formula is C25H40FN4O10PS. The van der Waals surface area contributed by atoms with E-state index in [1.165, 1.54) is 19.2 Å². The van der Waals surface area contributed by atoms with E-state index in [2.05, 4.69) is 10.1 Å². The molecule has 0 aromatic carbocycles. The Morgan fingerprint density at radius 1 is 1.17 bits per heavy atom. The zero-order chi connectivity index (χ0) is 32.2. The second-order valence-electron chi connectivity index (χ2n) is 11.8. The van der Waals surface area contributed by atoms with Crippen molar-refractivity contribution in [1.82, 2.24) is 14.6 Å². The number of carbonyl (C=O) groups is 3. The molecule has 42 heavy (non-hydrogen) atoms. The largest absolute Gasteiger partial charge is 0.462 e. The number of hydrogen-bond donors (Lipinski definition) is 2. The molecule has 0 aliphatic carbocycles. The highest BCUT2D eigenvalue weighted by Gasteiger charge is 2.40. The first kappa shape index (κ1) is 35.7. The lowest BCUT2D eigenvalue weighted by atomic mass is 10.2. The van der Waals surface area contributed by atoms with Crippen molar-refractivity contribution in [3.8, 4) is 0 Å². The van der Waals surface area contributed by atoms with Crippen LogP contribution in [-0.2, 0) is 28.1 Å². The summed E-state index contributed by atoms with van der Waals surface area (Å²) in [6, 6.07) is 0.0424. The van der Waals surface area contributed by atoms with Gasteiger partial charge in [0, 0.05) is 11.4 Å². The molecule has 1 fully saturated rings. The normalized spacial score (nSPS) is 21.4. The number of aromatic nitrogens is 2. The van der Waals surface area contributed by atoms with E-state index < -0.39 is 71.7 Å². The maximum absolute atomic E-state index is 15.0. The first-order valence-corrected chi connectivity index (χ1v) is 15.7. The minimum Gasteiger partial charge on any atom is -0.462 e. The summed E-state index contributed by atoms with van der Waals surface area (Å²) < 4.78 is 49.0. The minimum absolute atomic E-state index is 0.115. The maximum Gasteiger partial charge on any atom is 0.425 e. The summed E-state index contributed by atoms with van der Waals surface area (Å²) in [5.41, 5.74) is -2.91. The molecule has 1 aromatic rings. The molecule has 0 radical (unpaired) electrons. The number of rotatable bonds is 9. The molecule has 5 atom stereocenters. The summed E-state index contributed by atoms with van der Waals surface area (Å²) >= 11 is 0.977. The number of imide groups is 1. The van der Waals surface area contributed by atoms with Crippen LogP contribution in [0.15, 0.2) is 17.1 Å². The van der Waals surface area contributed by atoms with Crippen molar-refractivity contribution >= 4 is 43.5 Å². The van der Waals surface area contributed by atoms with Gasteiger partial charge in [-0.2, -0.15) is 9.88 Å². The van der Waals surface area contributed by atoms with Crippen LogP contribution in [0.25, 0.3) is 0 Å². The number of anilines is 1. The lowest BCUT2D eigenvalue weighted by Crippen LogP contribution is -2.45. The molecule has 2 N–H and O–H groups in total. The van der Waals surface area contributed by atoms with Gasteiger partial charge in [-0.1, -0.05) is 0 Å². The Hall–Kier alpha value is -2.52. The summed E-state index contributed by atoms with van der Waals surface area (Å²) in [6.45, 7) is 13.8. The van der Waals surface area contributed by atoms with E-state index in [9.17, 15) is 28.6 Å². The lowest BCUT2D eigenvalue weighted by molar-refractivity contribution is -0.149. The quantitative estimate of drug-likeness (QED) is 0.223. The number of thioether (sulfide) groups is 1. The molecule has 2 rings (SSSR count). The number of amides is 2. The average molecular weight is 639 g/mol. The van der Waals surface area contributed by atoms with Crippen LogP contribution in [0.5, 0.6) is 0 Å². The molecule has 2 amide bonds. The molecule has 1 aliphatic rings. The van der Waals surface area contributed by atoms with Crippen LogP contribution in [-0.4, -0.2) is 74.0 Å². The van der Waals surface area contributed by atoms with Crippen LogP contribution < -0.4 is 15.7 Å². The monoisotopic (exact) mass is 638 g/mol. The van der Waals surface area contributed by atoms with Crippen LogP contribution in [0.2, 0.25) is 0 Å². The summed E-state index contributed by atoms with van der Waals surface area (Å²) in [5, 5.41) is 0.476. The minimum atomic E-state index is -4.45. The smallest absolute Gasteiger partial charge is 0.425 e. The Kier molecular flexibility index (Phi) is 11.8. The van der Waals surface area contributed by atoms with Crippen LogP contribution in [0.1, 0.15) is 74.1 Å². The van der Waals surface area contributed by atoms with Crippen molar-refractivity contribution in [2.75, 3.05) is 11.5 Å². The number of ether oxygens (including phenoxy) is 3. The third kappa shape index (κ3) is 11.0. The molecule has 1 aliphatic heterocycles. The van der Waals surface area contributed by atoms with Gasteiger partial charge >= 0.3 is 31.6 Å². The van der Waals surface area contributed by atoms with E-state index in [-0.39, 0.29) is 18.8 Å². The van der Waals surface area contributed by atoms with Crippen LogP contribution in [0.4, 0.5) is 19.8 Å². The number of nitrogens with zero attached hydrogens (tertiary/aromatic N) is 3. The Labute approximate surface area is 248 Å². The van der Waals surface area contributed by atoms with E-state index in [1.807, 2.05) is 0 Å². The lowest BCUT2D eigenvalue weighted by Gasteiger charge is -2.28. The topological polar surface area (TPSA) is 176 Å². The van der Waals surface area contributed by atoms with Gasteiger partial charge in [0.1, 0.15) is 28.8 Å². The van der Waals surface area contributed by atoms with E-state index >= 15 is 4.39 Å². The zero-order valence-corrected chi connectivity index (χ0v) is 26.9. The van der Waals surface area contributed by atoms with Crippen molar-refractivity contribution in [2.24, 2.45) is 0 Å². The van der Waals surface area contributed by atoms with Crippen molar-refractivity contribution < 1.29 is 47.0 Å². The van der Waals surface area contributed by atoms with Gasteiger partial charge in [0.05, 0.1) is 12.7 Å². The van der Waals surface area contributed by atoms with E-state index in [0.717, 1.165) is 16.3 Å². The van der Waals surface area contributed by atoms with Crippen LogP contribution in [0, 0.1) is 0 Å². The molecule has 5 unspecified atom stereocenters. The number of carbonyl (C=O) groups excluding carboxylic acids is 3. The average Bonchev–Trinajstić information content (AvgIpc) is 3.15. The molecule has 1 saturated heterocycles. The van der Waals surface area contributed by atoms with Crippen molar-refractivity contribution in [3.63, 3.8) is 0 Å². The standard InChI is InChI=1S/C25H40FN4O10PS/c1-14(2)38-20(31)15(3)28-41(35,36)37-13-16-12-17(26)19(42-16)29-11-10-18(27-21(29)32)30(22(33)39-24(4,5)6)23(34)40-25(7,8)9/h10-11,14-17,19H,12-13H2,1-9H3,(H2,28,35,36). The van der Waals surface area contributed by atoms with Crippen LogP contribution >= 0.6 is 19.5 Å². The number of alkyl halides is 1. The van der Waals surface area contributed by atoms with Gasteiger partial charge in [-0.25, -0.2) is 28.4 Å². The number of halogens is 1. The number of hydrogen-bond acceptors (Lipinski definition) is 11. The second kappa shape index (κ2) is 13.8. The molecule has 0 saturated carbocycles. The zero-order valence-electron chi connectivity index (χ0n) is 25.2. The van der Waals surface area contributed by atoms with E-state index in [1.54, 1.807) is 55.4 Å². The first-order valence-electron chi connectivity index (χ1n) is 13.2. The van der Waals surface area contributed by atoms with Gasteiger partial charge in [0.25, 0.3) is 0 Å². The number of esters is 1. The molecule has 0 bridgehead atoms. The molecule has 2 heterocycles. The fourth-order valence-electron chi connectivity index (χ4n) is 3.50. The van der Waals surface area contributed by atoms with Gasteiger partial charge in [-0.3, -0.25) is 13.9 Å². The van der Waals surface area contributed by atoms with Crippen molar-refractivity contribution in [2.45, 2.75) is 109 Å². The Morgan fingerprint density at radius 2 is 1.71 bits per heavy atom. The molecular weight excluding hydrogens is 598 g/mol. The molecule has 14 nitrogen and oxygen atoms in total. The van der Waals surface area contributed by atoms with E-state index in [0.29, 0.717) is 4.90 Å². The SMILES string of the molecule is CC(C)OC(=O)C(C)NP(=O)(O)OCC1CC(F)C(n2ccc(N(C(=O)OC(C)(C)C)C(=O)OC(C)(C)C)nc2=O)S1. The summed E-state index contributed by atoms with van der Waals surface area (Å²) in [7, 11) is -4.45.